The van der Waals surface area contributed by atoms with Crippen molar-refractivity contribution in [2.45, 2.75) is 0 Å². The molecule has 2 aromatic carbocycles. The number of non-ortho nitro benzene ring substituents is 1. The van der Waals surface area contributed by atoms with Crippen LogP contribution in [0, 0.1) is 10.1 Å². The highest BCUT2D eigenvalue weighted by Gasteiger charge is 2.32. The molecule has 3 rings (SSSR count). The molecule has 0 unspecified atom stereocenters. The van der Waals surface area contributed by atoms with E-state index in [-0.39, 0.29) is 32.0 Å². The van der Waals surface area contributed by atoms with Crippen molar-refractivity contribution >= 4 is 68.1 Å². The number of phenols is 2. The third kappa shape index (κ3) is 4.21. The first-order valence-electron chi connectivity index (χ1n) is 7.54. The Bertz CT molecular complexity index is 1070. The molecule has 0 aromatic heterocycles. The van der Waals surface area contributed by atoms with Gasteiger partial charge in [-0.05, 0) is 42.6 Å². The van der Waals surface area contributed by atoms with Crippen molar-refractivity contribution in [1.29, 1.82) is 0 Å². The van der Waals surface area contributed by atoms with E-state index in [9.17, 15) is 25.1 Å². The lowest BCUT2D eigenvalue weighted by molar-refractivity contribution is -0.384. The monoisotopic (exact) mass is 479 g/mol. The van der Waals surface area contributed by atoms with Gasteiger partial charge in [0.15, 0.2) is 4.32 Å². The van der Waals surface area contributed by atoms with E-state index in [2.05, 4.69) is 21.0 Å². The lowest BCUT2D eigenvalue weighted by atomic mass is 10.1. The highest BCUT2D eigenvalue weighted by atomic mass is 79.9. The number of amides is 1. The zero-order chi connectivity index (χ0) is 20.4. The minimum absolute atomic E-state index is 0.0190. The van der Waals surface area contributed by atoms with E-state index in [0.717, 1.165) is 33.4 Å². The summed E-state index contributed by atoms with van der Waals surface area (Å²) in [6.45, 7) is 0. The SMILES string of the molecule is O=C1C(=Cc2cc([N+](=O)[O-])ccc2O)SC(=S)N1/N=C/c1cc(Br)ccc1O. The molecule has 8 nitrogen and oxygen atoms in total. The molecule has 2 N–H and O–H groups in total. The summed E-state index contributed by atoms with van der Waals surface area (Å²) in [5.41, 5.74) is 0.273. The number of thioether (sulfide) groups is 1. The molecule has 0 aliphatic carbocycles. The number of halogens is 1. The zero-order valence-electron chi connectivity index (χ0n) is 13.8. The van der Waals surface area contributed by atoms with Crippen LogP contribution in [0.4, 0.5) is 5.69 Å². The fraction of sp³-hybridized carbons (Fsp3) is 0. The minimum atomic E-state index is -0.600. The van der Waals surface area contributed by atoms with Crippen LogP contribution in [-0.4, -0.2) is 36.6 Å². The Morgan fingerprint density at radius 1 is 1.18 bits per heavy atom. The van der Waals surface area contributed by atoms with Crippen LogP contribution in [0.5, 0.6) is 11.5 Å². The summed E-state index contributed by atoms with van der Waals surface area (Å²) in [5, 5.41) is 35.6. The van der Waals surface area contributed by atoms with E-state index in [1.807, 2.05) is 0 Å². The minimum Gasteiger partial charge on any atom is -0.507 e. The first-order chi connectivity index (χ1) is 13.3. The van der Waals surface area contributed by atoms with Crippen LogP contribution in [0.3, 0.4) is 0 Å². The van der Waals surface area contributed by atoms with Gasteiger partial charge in [-0.1, -0.05) is 27.7 Å². The fourth-order valence-corrected chi connectivity index (χ4v) is 3.76. The molecule has 11 heteroatoms. The van der Waals surface area contributed by atoms with E-state index in [1.54, 1.807) is 12.1 Å². The first-order valence-corrected chi connectivity index (χ1v) is 9.56. The molecule has 0 bridgehead atoms. The second kappa shape index (κ2) is 8.09. The number of thiocarbonyl (C=S) groups is 1. The number of benzene rings is 2. The lowest BCUT2D eigenvalue weighted by Crippen LogP contribution is -2.22. The van der Waals surface area contributed by atoms with Gasteiger partial charge in [0, 0.05) is 27.7 Å². The third-order valence-corrected chi connectivity index (χ3v) is 5.36. The Balaban J connectivity index is 1.89. The summed E-state index contributed by atoms with van der Waals surface area (Å²) >= 11 is 9.38. The molecular formula is C17H10BrN3O5S2. The molecule has 1 aliphatic rings. The van der Waals surface area contributed by atoms with Crippen molar-refractivity contribution in [3.8, 4) is 11.5 Å². The molecule has 0 atom stereocenters. The van der Waals surface area contributed by atoms with Crippen molar-refractivity contribution in [1.82, 2.24) is 5.01 Å². The third-order valence-electron chi connectivity index (χ3n) is 3.58. The maximum atomic E-state index is 12.6. The van der Waals surface area contributed by atoms with E-state index in [1.165, 1.54) is 24.4 Å². The summed E-state index contributed by atoms with van der Waals surface area (Å²) in [6.07, 6.45) is 2.60. The zero-order valence-corrected chi connectivity index (χ0v) is 17.0. The second-order valence-corrected chi connectivity index (χ2v) is 8.03. The number of carbonyl (C=O) groups excluding carboxylic acids is 1. The summed E-state index contributed by atoms with van der Waals surface area (Å²) in [7, 11) is 0. The molecule has 1 aliphatic heterocycles. The van der Waals surface area contributed by atoms with Crippen molar-refractivity contribution in [2.75, 3.05) is 0 Å². The number of nitrogens with zero attached hydrogens (tertiary/aromatic N) is 3. The maximum absolute atomic E-state index is 12.6. The molecule has 1 amide bonds. The lowest BCUT2D eigenvalue weighted by Gasteiger charge is -2.07. The van der Waals surface area contributed by atoms with Gasteiger partial charge < -0.3 is 10.2 Å². The van der Waals surface area contributed by atoms with Gasteiger partial charge >= 0.3 is 0 Å². The second-order valence-electron chi connectivity index (χ2n) is 5.44. The number of nitro groups is 1. The molecular weight excluding hydrogens is 470 g/mol. The highest BCUT2D eigenvalue weighted by Crippen LogP contribution is 2.35. The standard InChI is InChI=1S/C17H10BrN3O5S2/c18-11-1-3-14(23)10(5-11)8-19-20-16(24)15(28-17(20)27)7-9-6-12(21(25)26)2-4-13(9)22/h1-8,22-23H/b15-7?,19-8+. The number of rotatable bonds is 4. The Morgan fingerprint density at radius 2 is 1.86 bits per heavy atom. The Kier molecular flexibility index (Phi) is 5.77. The number of phenolic OH excluding ortho intramolecular Hbond substituents is 2. The number of carbonyl (C=O) groups is 1. The number of aromatic hydroxyl groups is 2. The number of nitro benzene ring substituents is 1. The van der Waals surface area contributed by atoms with E-state index < -0.39 is 10.8 Å². The van der Waals surface area contributed by atoms with Gasteiger partial charge in [0.2, 0.25) is 0 Å². The molecule has 1 saturated heterocycles. The van der Waals surface area contributed by atoms with Gasteiger partial charge in [-0.3, -0.25) is 14.9 Å². The van der Waals surface area contributed by atoms with E-state index in [0.29, 0.717) is 5.56 Å². The average molecular weight is 480 g/mol. The quantitative estimate of drug-likeness (QED) is 0.223. The van der Waals surface area contributed by atoms with Crippen molar-refractivity contribution in [2.24, 2.45) is 5.10 Å². The van der Waals surface area contributed by atoms with Crippen LogP contribution in [0.1, 0.15) is 11.1 Å². The predicted molar refractivity (Wildman–Crippen MR) is 113 cm³/mol. The number of hydrazone groups is 1. The van der Waals surface area contributed by atoms with Crippen molar-refractivity contribution < 1.29 is 19.9 Å². The summed E-state index contributed by atoms with van der Waals surface area (Å²) in [5.74, 6) is -0.778. The Labute approximate surface area is 176 Å². The summed E-state index contributed by atoms with van der Waals surface area (Å²) in [6, 6.07) is 8.24. The fourth-order valence-electron chi connectivity index (χ4n) is 2.22. The summed E-state index contributed by atoms with van der Waals surface area (Å²) in [4.78, 5) is 23.0. The molecule has 142 valence electrons. The van der Waals surface area contributed by atoms with Gasteiger partial charge in [-0.2, -0.15) is 10.1 Å². The van der Waals surface area contributed by atoms with Crippen LogP contribution in [0.2, 0.25) is 0 Å². The summed E-state index contributed by atoms with van der Waals surface area (Å²) < 4.78 is 0.866. The predicted octanol–water partition coefficient (Wildman–Crippen LogP) is 4.00. The van der Waals surface area contributed by atoms with Crippen LogP contribution in [0.15, 0.2) is 50.9 Å². The van der Waals surface area contributed by atoms with Crippen molar-refractivity contribution in [3.05, 3.63) is 67.0 Å². The van der Waals surface area contributed by atoms with E-state index >= 15 is 0 Å². The van der Waals surface area contributed by atoms with Gasteiger partial charge in [-0.25, -0.2) is 0 Å². The Morgan fingerprint density at radius 3 is 2.57 bits per heavy atom. The number of hydrogen-bond donors (Lipinski definition) is 2. The molecule has 0 spiro atoms. The average Bonchev–Trinajstić information content (AvgIpc) is 2.91. The smallest absolute Gasteiger partial charge is 0.286 e. The normalized spacial score (nSPS) is 15.8. The first kappa shape index (κ1) is 20.0. The molecule has 0 radical (unpaired) electrons. The van der Waals surface area contributed by atoms with Gasteiger partial charge in [0.25, 0.3) is 11.6 Å². The molecule has 1 fully saturated rings. The molecule has 28 heavy (non-hydrogen) atoms. The van der Waals surface area contributed by atoms with Gasteiger partial charge in [0.05, 0.1) is 16.0 Å². The van der Waals surface area contributed by atoms with Crippen LogP contribution < -0.4 is 0 Å². The van der Waals surface area contributed by atoms with Gasteiger partial charge in [-0.15, -0.1) is 0 Å². The van der Waals surface area contributed by atoms with Crippen LogP contribution >= 0.6 is 39.9 Å². The Hall–Kier alpha value is -2.76. The largest absolute Gasteiger partial charge is 0.507 e. The molecule has 1 heterocycles. The van der Waals surface area contributed by atoms with Crippen LogP contribution in [-0.2, 0) is 4.79 Å². The molecule has 0 saturated carbocycles. The van der Waals surface area contributed by atoms with Gasteiger partial charge in [0.1, 0.15) is 11.5 Å². The number of hydrogen-bond acceptors (Lipinski definition) is 8. The maximum Gasteiger partial charge on any atom is 0.286 e. The van der Waals surface area contributed by atoms with Crippen molar-refractivity contribution in [3.63, 3.8) is 0 Å². The highest BCUT2D eigenvalue weighted by molar-refractivity contribution is 9.10. The van der Waals surface area contributed by atoms with Crippen LogP contribution in [0.25, 0.3) is 6.08 Å². The topological polar surface area (TPSA) is 116 Å². The van der Waals surface area contributed by atoms with E-state index in [4.69, 9.17) is 12.2 Å². The molecule has 2 aromatic rings.